The van der Waals surface area contributed by atoms with E-state index < -0.39 is 17.5 Å². The molecule has 1 aromatic carbocycles. The van der Waals surface area contributed by atoms with Crippen molar-refractivity contribution < 1.29 is 28.2 Å². The summed E-state index contributed by atoms with van der Waals surface area (Å²) >= 11 is 0. The molecule has 0 fully saturated rings. The summed E-state index contributed by atoms with van der Waals surface area (Å²) in [6, 6.07) is 5.14. The predicted octanol–water partition coefficient (Wildman–Crippen LogP) is 2.11. The molecule has 1 aromatic rings. The fourth-order valence-electron chi connectivity index (χ4n) is 2.56. The molecule has 1 aliphatic rings. The van der Waals surface area contributed by atoms with Gasteiger partial charge in [0.25, 0.3) is 0 Å². The fraction of sp³-hybridized carbons (Fsp3) is 0.533. The molecule has 6 heteroatoms. The average molecular weight is 300 g/mol. The molecule has 21 heavy (non-hydrogen) atoms. The van der Waals surface area contributed by atoms with Crippen LogP contribution in [0.5, 0.6) is 5.75 Å². The van der Waals surface area contributed by atoms with Crippen LogP contribution in [0.1, 0.15) is 24.5 Å². The van der Waals surface area contributed by atoms with Crippen molar-refractivity contribution >= 4 is 5.97 Å². The van der Waals surface area contributed by atoms with Crippen LogP contribution < -0.4 is 4.74 Å². The molecule has 0 amide bonds. The van der Waals surface area contributed by atoms with Gasteiger partial charge >= 0.3 is 11.9 Å². The van der Waals surface area contributed by atoms with E-state index in [0.29, 0.717) is 11.3 Å². The Kier molecular flexibility index (Phi) is 4.18. The van der Waals surface area contributed by atoms with Crippen LogP contribution in [0.4, 0.5) is 8.78 Å². The smallest absolute Gasteiger partial charge is 0.380 e. The van der Waals surface area contributed by atoms with Crippen molar-refractivity contribution in [2.24, 2.45) is 0 Å². The first-order chi connectivity index (χ1) is 9.84. The molecule has 1 atom stereocenters. The van der Waals surface area contributed by atoms with Gasteiger partial charge in [-0.05, 0) is 43.0 Å². The number of alkyl halides is 2. The quantitative estimate of drug-likeness (QED) is 0.865. The van der Waals surface area contributed by atoms with Crippen molar-refractivity contribution in [3.63, 3.8) is 0 Å². The number of hydrogen-bond acceptors (Lipinski definition) is 4. The van der Waals surface area contributed by atoms with Gasteiger partial charge in [0.1, 0.15) is 11.4 Å². The number of halogens is 2. The average Bonchev–Trinajstić information content (AvgIpc) is 2.46. The van der Waals surface area contributed by atoms with E-state index in [-0.39, 0.29) is 25.9 Å². The number of methoxy groups -OCH3 is 1. The van der Waals surface area contributed by atoms with Gasteiger partial charge in [-0.1, -0.05) is 6.07 Å². The SMILES string of the molecule is CCOC(=O)C(F)(F)C1(O)CCc2ccc(OC)cc2C1. The standard InChI is InChI=1S/C15H18F2O4/c1-3-21-13(18)15(16,17)14(19)7-6-10-4-5-12(20-2)8-11(10)9-14/h4-5,8,19H,3,6-7,9H2,1-2H3. The van der Waals surface area contributed by atoms with E-state index in [0.717, 1.165) is 5.56 Å². The number of esters is 1. The molecule has 0 aliphatic heterocycles. The molecule has 4 nitrogen and oxygen atoms in total. The van der Waals surface area contributed by atoms with Crippen LogP contribution >= 0.6 is 0 Å². The van der Waals surface area contributed by atoms with E-state index in [1.54, 1.807) is 18.2 Å². The summed E-state index contributed by atoms with van der Waals surface area (Å²) in [4.78, 5) is 11.4. The largest absolute Gasteiger partial charge is 0.497 e. The molecule has 0 aromatic heterocycles. The van der Waals surface area contributed by atoms with Crippen LogP contribution in [0.3, 0.4) is 0 Å². The van der Waals surface area contributed by atoms with Crippen molar-refractivity contribution in [2.75, 3.05) is 13.7 Å². The maximum absolute atomic E-state index is 14.2. The Balaban J connectivity index is 2.31. The monoisotopic (exact) mass is 300 g/mol. The molecule has 0 heterocycles. The number of carbonyl (C=O) groups is 1. The van der Waals surface area contributed by atoms with E-state index >= 15 is 0 Å². The van der Waals surface area contributed by atoms with Gasteiger partial charge in [-0.3, -0.25) is 0 Å². The third kappa shape index (κ3) is 2.72. The number of fused-ring (bicyclic) bond motifs is 1. The van der Waals surface area contributed by atoms with Crippen LogP contribution in [-0.2, 0) is 22.4 Å². The second kappa shape index (κ2) is 5.60. The van der Waals surface area contributed by atoms with Crippen molar-refractivity contribution in [1.29, 1.82) is 0 Å². The van der Waals surface area contributed by atoms with E-state index in [2.05, 4.69) is 4.74 Å². The zero-order chi connectivity index (χ0) is 15.7. The molecule has 1 N–H and O–H groups in total. The molecule has 2 rings (SSSR count). The minimum atomic E-state index is -3.94. The number of hydrogen-bond donors (Lipinski definition) is 1. The van der Waals surface area contributed by atoms with Crippen molar-refractivity contribution in [1.82, 2.24) is 0 Å². The molecule has 1 unspecified atom stereocenters. The third-order valence-electron chi connectivity index (χ3n) is 3.82. The van der Waals surface area contributed by atoms with Gasteiger partial charge in [-0.2, -0.15) is 8.78 Å². The Morgan fingerprint density at radius 2 is 2.14 bits per heavy atom. The Hall–Kier alpha value is -1.69. The van der Waals surface area contributed by atoms with Crippen LogP contribution in [0.15, 0.2) is 18.2 Å². The van der Waals surface area contributed by atoms with Gasteiger partial charge in [-0.25, -0.2) is 4.79 Å². The number of aryl methyl sites for hydroxylation is 1. The van der Waals surface area contributed by atoms with Crippen LogP contribution in [0, 0.1) is 0 Å². The highest BCUT2D eigenvalue weighted by Crippen LogP contribution is 2.41. The summed E-state index contributed by atoms with van der Waals surface area (Å²) in [5.41, 5.74) is -0.995. The summed E-state index contributed by atoms with van der Waals surface area (Å²) in [6.07, 6.45) is -0.242. The first-order valence-electron chi connectivity index (χ1n) is 6.77. The third-order valence-corrected chi connectivity index (χ3v) is 3.82. The summed E-state index contributed by atoms with van der Waals surface area (Å²) < 4.78 is 37.8. The van der Waals surface area contributed by atoms with E-state index in [9.17, 15) is 18.7 Å². The number of ether oxygens (including phenoxy) is 2. The number of aliphatic hydroxyl groups is 1. The van der Waals surface area contributed by atoms with Crippen LogP contribution in [0.25, 0.3) is 0 Å². The maximum atomic E-state index is 14.2. The van der Waals surface area contributed by atoms with Gasteiger partial charge < -0.3 is 14.6 Å². The maximum Gasteiger partial charge on any atom is 0.380 e. The molecule has 0 saturated heterocycles. The second-order valence-electron chi connectivity index (χ2n) is 5.14. The van der Waals surface area contributed by atoms with E-state index in [1.807, 2.05) is 0 Å². The predicted molar refractivity (Wildman–Crippen MR) is 71.5 cm³/mol. The lowest BCUT2D eigenvalue weighted by molar-refractivity contribution is -0.216. The summed E-state index contributed by atoms with van der Waals surface area (Å²) in [5, 5.41) is 10.3. The molecule has 0 radical (unpaired) electrons. The first kappa shape index (κ1) is 15.7. The highest BCUT2D eigenvalue weighted by atomic mass is 19.3. The Labute approximate surface area is 121 Å². The van der Waals surface area contributed by atoms with Crippen molar-refractivity contribution in [3.8, 4) is 5.75 Å². The molecular weight excluding hydrogens is 282 g/mol. The van der Waals surface area contributed by atoms with Crippen LogP contribution in [-0.4, -0.2) is 36.3 Å². The topological polar surface area (TPSA) is 55.8 Å². The fourth-order valence-corrected chi connectivity index (χ4v) is 2.56. The summed E-state index contributed by atoms with van der Waals surface area (Å²) in [7, 11) is 1.48. The normalized spacial score (nSPS) is 21.6. The minimum absolute atomic E-state index is 0.158. The van der Waals surface area contributed by atoms with Gasteiger partial charge in [-0.15, -0.1) is 0 Å². The highest BCUT2D eigenvalue weighted by molar-refractivity contribution is 5.79. The zero-order valence-electron chi connectivity index (χ0n) is 12.0. The van der Waals surface area contributed by atoms with Crippen molar-refractivity contribution in [3.05, 3.63) is 29.3 Å². The Bertz CT molecular complexity index is 544. The zero-order valence-corrected chi connectivity index (χ0v) is 12.0. The lowest BCUT2D eigenvalue weighted by atomic mass is 9.76. The Morgan fingerprint density at radius 1 is 1.43 bits per heavy atom. The molecule has 0 spiro atoms. The summed E-state index contributed by atoms with van der Waals surface area (Å²) in [6.45, 7) is 1.29. The van der Waals surface area contributed by atoms with Gasteiger partial charge in [0.15, 0.2) is 0 Å². The second-order valence-corrected chi connectivity index (χ2v) is 5.14. The van der Waals surface area contributed by atoms with Gasteiger partial charge in [0, 0.05) is 6.42 Å². The minimum Gasteiger partial charge on any atom is -0.497 e. The van der Waals surface area contributed by atoms with Crippen LogP contribution in [0.2, 0.25) is 0 Å². The first-order valence-corrected chi connectivity index (χ1v) is 6.77. The number of carbonyl (C=O) groups excluding carboxylic acids is 1. The van der Waals surface area contributed by atoms with E-state index in [4.69, 9.17) is 4.74 Å². The molecule has 1 aliphatic carbocycles. The van der Waals surface area contributed by atoms with Gasteiger partial charge in [0.05, 0.1) is 13.7 Å². The van der Waals surface area contributed by atoms with Gasteiger partial charge in [0.2, 0.25) is 0 Å². The Morgan fingerprint density at radius 3 is 2.76 bits per heavy atom. The molecule has 0 saturated carbocycles. The molecule has 0 bridgehead atoms. The lowest BCUT2D eigenvalue weighted by Crippen LogP contribution is -2.56. The van der Waals surface area contributed by atoms with Crippen molar-refractivity contribution in [2.45, 2.75) is 37.7 Å². The number of rotatable bonds is 4. The molecule has 116 valence electrons. The van der Waals surface area contributed by atoms with E-state index in [1.165, 1.54) is 14.0 Å². The summed E-state index contributed by atoms with van der Waals surface area (Å²) in [5.74, 6) is -5.10. The molecular formula is C15H18F2O4. The highest BCUT2D eigenvalue weighted by Gasteiger charge is 2.60. The lowest BCUT2D eigenvalue weighted by Gasteiger charge is -2.38. The number of benzene rings is 1.